The van der Waals surface area contributed by atoms with Gasteiger partial charge in [-0.15, -0.1) is 0 Å². The molecule has 0 radical (unpaired) electrons. The lowest BCUT2D eigenvalue weighted by Crippen LogP contribution is -2.33. The molecule has 3 aromatic rings. The predicted octanol–water partition coefficient (Wildman–Crippen LogP) is 5.30. The van der Waals surface area contributed by atoms with E-state index in [2.05, 4.69) is 4.98 Å². The van der Waals surface area contributed by atoms with E-state index in [1.165, 1.54) is 19.1 Å². The lowest BCUT2D eigenvalue weighted by atomic mass is 10.1. The van der Waals surface area contributed by atoms with Crippen molar-refractivity contribution in [1.82, 2.24) is 4.98 Å². The monoisotopic (exact) mass is 407 g/mol. The van der Waals surface area contributed by atoms with Gasteiger partial charge in [-0.2, -0.15) is 8.78 Å². The number of hydrogen-bond acceptors (Lipinski definition) is 4. The van der Waals surface area contributed by atoms with E-state index in [0.29, 0.717) is 5.39 Å². The molecule has 2 aromatic carbocycles. The molecule has 0 spiro atoms. The summed E-state index contributed by atoms with van der Waals surface area (Å²) < 4.78 is 61.8. The highest BCUT2D eigenvalue weighted by molar-refractivity contribution is 5.98. The molecule has 0 atom stereocenters. The molecule has 0 aliphatic rings. The topological polar surface area (TPSA) is 48.4 Å². The van der Waals surface area contributed by atoms with Gasteiger partial charge in [0.15, 0.2) is 12.4 Å². The lowest BCUT2D eigenvalue weighted by molar-refractivity contribution is -0.148. The van der Waals surface area contributed by atoms with Crippen molar-refractivity contribution in [1.29, 1.82) is 0 Å². The molecule has 8 heteroatoms. The molecule has 1 aromatic heterocycles. The fourth-order valence-corrected chi connectivity index (χ4v) is 2.60. The van der Waals surface area contributed by atoms with E-state index in [4.69, 9.17) is 9.47 Å². The molecule has 0 saturated heterocycles. The first-order valence-corrected chi connectivity index (χ1v) is 8.68. The van der Waals surface area contributed by atoms with Crippen LogP contribution < -0.4 is 9.47 Å². The molecule has 4 nitrogen and oxygen atoms in total. The van der Waals surface area contributed by atoms with Crippen LogP contribution in [0.3, 0.4) is 0 Å². The van der Waals surface area contributed by atoms with Crippen molar-refractivity contribution in [2.45, 2.75) is 25.9 Å². The molecule has 0 aliphatic heterocycles. The average Bonchev–Trinajstić information content (AvgIpc) is 2.70. The summed E-state index contributed by atoms with van der Waals surface area (Å²) in [6.45, 7) is -0.0177. The van der Waals surface area contributed by atoms with E-state index >= 15 is 0 Å². The molecule has 152 valence electrons. The summed E-state index contributed by atoms with van der Waals surface area (Å²) in [6.07, 6.45) is -3.85. The summed E-state index contributed by atoms with van der Waals surface area (Å²) >= 11 is 0. The van der Waals surface area contributed by atoms with Crippen LogP contribution in [-0.4, -0.2) is 29.7 Å². The highest BCUT2D eigenvalue weighted by atomic mass is 19.3. The SMILES string of the molecule is CC(=O)c1nc2c(OCC(F)(F)C(F)F)cccc2cc1OCc1ccccc1. The minimum Gasteiger partial charge on any atom is -0.486 e. The number of aromatic nitrogens is 1. The van der Waals surface area contributed by atoms with Crippen molar-refractivity contribution in [2.75, 3.05) is 6.61 Å². The second kappa shape index (κ2) is 8.46. The summed E-state index contributed by atoms with van der Waals surface area (Å²) in [7, 11) is 0. The number of alkyl halides is 4. The first-order chi connectivity index (χ1) is 13.8. The number of Topliss-reactive ketones (excluding diaryl/α,β-unsaturated/α-hetero) is 1. The van der Waals surface area contributed by atoms with E-state index in [-0.39, 0.29) is 29.3 Å². The smallest absolute Gasteiger partial charge is 0.340 e. The fraction of sp³-hybridized carbons (Fsp3) is 0.238. The second-order valence-corrected chi connectivity index (χ2v) is 6.34. The Labute approximate surface area is 164 Å². The minimum absolute atomic E-state index is 0.00917. The van der Waals surface area contributed by atoms with Crippen LogP contribution in [0.25, 0.3) is 10.9 Å². The molecule has 0 fully saturated rings. The van der Waals surface area contributed by atoms with Gasteiger partial charge in [0.05, 0.1) is 0 Å². The Morgan fingerprint density at radius 1 is 1.03 bits per heavy atom. The largest absolute Gasteiger partial charge is 0.486 e. The van der Waals surface area contributed by atoms with E-state index in [9.17, 15) is 22.4 Å². The number of carbonyl (C=O) groups is 1. The third-order valence-corrected chi connectivity index (χ3v) is 4.08. The van der Waals surface area contributed by atoms with Crippen molar-refractivity contribution in [3.05, 3.63) is 65.9 Å². The van der Waals surface area contributed by atoms with Crippen LogP contribution in [0.4, 0.5) is 17.6 Å². The van der Waals surface area contributed by atoms with E-state index in [1.54, 1.807) is 12.1 Å². The lowest BCUT2D eigenvalue weighted by Gasteiger charge is -2.17. The van der Waals surface area contributed by atoms with Crippen LogP contribution in [0.5, 0.6) is 11.5 Å². The number of carbonyl (C=O) groups excluding carboxylic acids is 1. The number of ether oxygens (including phenoxy) is 2. The van der Waals surface area contributed by atoms with Crippen molar-refractivity contribution < 1.29 is 31.8 Å². The summed E-state index contributed by atoms with van der Waals surface area (Å²) in [5.41, 5.74) is 0.980. The van der Waals surface area contributed by atoms with Crippen LogP contribution >= 0.6 is 0 Å². The molecule has 0 N–H and O–H groups in total. The van der Waals surface area contributed by atoms with Gasteiger partial charge in [-0.3, -0.25) is 4.79 Å². The summed E-state index contributed by atoms with van der Waals surface area (Å²) in [5.74, 6) is -4.60. The van der Waals surface area contributed by atoms with Crippen LogP contribution in [0.1, 0.15) is 23.0 Å². The van der Waals surface area contributed by atoms with Crippen LogP contribution in [0.15, 0.2) is 54.6 Å². The quantitative estimate of drug-likeness (QED) is 0.376. The molecular formula is C21H17F4NO3. The Balaban J connectivity index is 1.92. The zero-order valence-corrected chi connectivity index (χ0v) is 15.4. The molecular weight excluding hydrogens is 390 g/mol. The van der Waals surface area contributed by atoms with Crippen molar-refractivity contribution in [2.24, 2.45) is 0 Å². The Hall–Kier alpha value is -3.16. The van der Waals surface area contributed by atoms with Gasteiger partial charge in [-0.1, -0.05) is 42.5 Å². The van der Waals surface area contributed by atoms with Gasteiger partial charge >= 0.3 is 12.3 Å². The van der Waals surface area contributed by atoms with Crippen LogP contribution in [0, 0.1) is 0 Å². The molecule has 3 rings (SSSR count). The maximum absolute atomic E-state index is 13.2. The molecule has 0 aliphatic carbocycles. The zero-order valence-electron chi connectivity index (χ0n) is 15.4. The maximum atomic E-state index is 13.2. The first-order valence-electron chi connectivity index (χ1n) is 8.68. The number of benzene rings is 2. The molecule has 0 amide bonds. The van der Waals surface area contributed by atoms with Gasteiger partial charge in [0.1, 0.15) is 29.3 Å². The van der Waals surface area contributed by atoms with E-state index in [1.807, 2.05) is 30.3 Å². The standard InChI is InChI=1S/C21H17F4NO3/c1-13(27)18-17(28-11-14-6-3-2-4-7-14)10-15-8-5-9-16(19(15)26-18)29-12-21(24,25)20(22)23/h2-10,20H,11-12H2,1H3. The van der Waals surface area contributed by atoms with E-state index in [0.717, 1.165) is 5.56 Å². The number of hydrogen-bond donors (Lipinski definition) is 0. The van der Waals surface area contributed by atoms with Gasteiger partial charge in [-0.25, -0.2) is 13.8 Å². The Morgan fingerprint density at radius 3 is 2.41 bits per heavy atom. The highest BCUT2D eigenvalue weighted by Gasteiger charge is 2.41. The summed E-state index contributed by atoms with van der Waals surface area (Å²) in [6, 6.07) is 15.3. The van der Waals surface area contributed by atoms with Crippen molar-refractivity contribution >= 4 is 16.7 Å². The number of para-hydroxylation sites is 1. The fourth-order valence-electron chi connectivity index (χ4n) is 2.60. The number of pyridine rings is 1. The third kappa shape index (κ3) is 4.82. The number of fused-ring (bicyclic) bond motifs is 1. The van der Waals surface area contributed by atoms with Gasteiger partial charge in [0.25, 0.3) is 0 Å². The minimum atomic E-state index is -4.30. The summed E-state index contributed by atoms with van der Waals surface area (Å²) in [5, 5.41) is 0.455. The van der Waals surface area contributed by atoms with Crippen LogP contribution in [0.2, 0.25) is 0 Å². The number of rotatable bonds is 8. The number of ketones is 1. The average molecular weight is 407 g/mol. The normalized spacial score (nSPS) is 11.7. The zero-order chi connectivity index (χ0) is 21.0. The number of nitrogens with zero attached hydrogens (tertiary/aromatic N) is 1. The Bertz CT molecular complexity index is 1010. The van der Waals surface area contributed by atoms with Gasteiger partial charge < -0.3 is 9.47 Å². The molecule has 29 heavy (non-hydrogen) atoms. The second-order valence-electron chi connectivity index (χ2n) is 6.34. The van der Waals surface area contributed by atoms with Crippen LogP contribution in [-0.2, 0) is 6.61 Å². The van der Waals surface area contributed by atoms with E-state index < -0.39 is 24.7 Å². The molecule has 0 bridgehead atoms. The third-order valence-electron chi connectivity index (χ3n) is 4.08. The molecule has 0 saturated carbocycles. The maximum Gasteiger partial charge on any atom is 0.340 e. The summed E-state index contributed by atoms with van der Waals surface area (Å²) in [4.78, 5) is 16.2. The van der Waals surface area contributed by atoms with Gasteiger partial charge in [0.2, 0.25) is 0 Å². The molecule has 0 unspecified atom stereocenters. The van der Waals surface area contributed by atoms with Gasteiger partial charge in [0, 0.05) is 12.3 Å². The van der Waals surface area contributed by atoms with Crippen molar-refractivity contribution in [3.8, 4) is 11.5 Å². The first kappa shape index (κ1) is 20.6. The highest BCUT2D eigenvalue weighted by Crippen LogP contribution is 2.31. The Morgan fingerprint density at radius 2 is 1.76 bits per heavy atom. The molecule has 1 heterocycles. The number of halogens is 4. The predicted molar refractivity (Wildman–Crippen MR) is 99.0 cm³/mol. The van der Waals surface area contributed by atoms with Gasteiger partial charge in [-0.05, 0) is 17.7 Å². The van der Waals surface area contributed by atoms with Crippen molar-refractivity contribution in [3.63, 3.8) is 0 Å². The Kier molecular flexibility index (Phi) is 6.00.